The van der Waals surface area contributed by atoms with Crippen LogP contribution in [0.15, 0.2) is 54.6 Å². The molecule has 3 rings (SSSR count). The van der Waals surface area contributed by atoms with E-state index in [1.165, 1.54) is 5.56 Å². The number of methoxy groups -OCH3 is 1. The molecule has 0 bridgehead atoms. The van der Waals surface area contributed by atoms with Crippen molar-refractivity contribution in [3.8, 4) is 11.5 Å². The van der Waals surface area contributed by atoms with Crippen molar-refractivity contribution >= 4 is 0 Å². The number of hydrogen-bond acceptors (Lipinski definition) is 3. The maximum Gasteiger partial charge on any atom is 0.120 e. The molecule has 2 atom stereocenters. The third-order valence-corrected chi connectivity index (χ3v) is 4.33. The lowest BCUT2D eigenvalue weighted by molar-refractivity contribution is 0.0901. The van der Waals surface area contributed by atoms with Crippen LogP contribution in [0.2, 0.25) is 0 Å². The maximum absolute atomic E-state index is 6.29. The minimum Gasteiger partial charge on any atom is -0.497 e. The second-order valence-electron chi connectivity index (χ2n) is 5.90. The van der Waals surface area contributed by atoms with Crippen LogP contribution in [-0.2, 0) is 0 Å². The van der Waals surface area contributed by atoms with Crippen LogP contribution < -0.4 is 9.47 Å². The quantitative estimate of drug-likeness (QED) is 0.861. The summed E-state index contributed by atoms with van der Waals surface area (Å²) < 4.78 is 11.5. The maximum atomic E-state index is 6.29. The summed E-state index contributed by atoms with van der Waals surface area (Å²) in [6.07, 6.45) is 1.26. The summed E-state index contributed by atoms with van der Waals surface area (Å²) in [5.41, 5.74) is 1.35. The van der Waals surface area contributed by atoms with E-state index in [-0.39, 0.29) is 6.10 Å². The van der Waals surface area contributed by atoms with E-state index in [0.717, 1.165) is 31.0 Å². The van der Waals surface area contributed by atoms with Crippen LogP contribution in [0.25, 0.3) is 0 Å². The molecule has 0 N–H and O–H groups in total. The molecule has 0 aromatic heterocycles. The first kappa shape index (κ1) is 14.9. The van der Waals surface area contributed by atoms with Gasteiger partial charge < -0.3 is 14.4 Å². The van der Waals surface area contributed by atoms with Gasteiger partial charge in [0.05, 0.1) is 7.11 Å². The van der Waals surface area contributed by atoms with Gasteiger partial charge in [-0.25, -0.2) is 0 Å². The van der Waals surface area contributed by atoms with Gasteiger partial charge in [-0.1, -0.05) is 30.3 Å². The van der Waals surface area contributed by atoms with Crippen LogP contribution in [-0.4, -0.2) is 38.3 Å². The third kappa shape index (κ3) is 3.42. The van der Waals surface area contributed by atoms with Gasteiger partial charge >= 0.3 is 0 Å². The lowest BCUT2D eigenvalue weighted by Crippen LogP contribution is -2.42. The Hall–Kier alpha value is -2.00. The van der Waals surface area contributed by atoms with E-state index >= 15 is 0 Å². The van der Waals surface area contributed by atoms with E-state index in [2.05, 4.69) is 42.3 Å². The zero-order valence-corrected chi connectivity index (χ0v) is 13.2. The minimum atomic E-state index is 0.215. The fourth-order valence-corrected chi connectivity index (χ4v) is 3.08. The van der Waals surface area contributed by atoms with Gasteiger partial charge in [0.15, 0.2) is 0 Å². The summed E-state index contributed by atoms with van der Waals surface area (Å²) in [7, 11) is 3.86. The van der Waals surface area contributed by atoms with Crippen molar-refractivity contribution < 1.29 is 9.47 Å². The molecule has 1 fully saturated rings. The number of ether oxygens (including phenoxy) is 2. The van der Waals surface area contributed by atoms with Gasteiger partial charge in [-0.3, -0.25) is 0 Å². The summed E-state index contributed by atoms with van der Waals surface area (Å²) >= 11 is 0. The van der Waals surface area contributed by atoms with Crippen molar-refractivity contribution in [3.63, 3.8) is 0 Å². The van der Waals surface area contributed by atoms with Crippen LogP contribution >= 0.6 is 0 Å². The number of likely N-dealkylation sites (tertiary alicyclic amines) is 1. The van der Waals surface area contributed by atoms with Gasteiger partial charge in [0.2, 0.25) is 0 Å². The summed E-state index contributed by atoms with van der Waals surface area (Å²) in [6.45, 7) is 2.11. The molecule has 0 amide bonds. The number of hydrogen-bond donors (Lipinski definition) is 0. The number of rotatable bonds is 4. The van der Waals surface area contributed by atoms with Crippen molar-refractivity contribution in [1.82, 2.24) is 4.90 Å². The molecular weight excluding hydrogens is 274 g/mol. The summed E-state index contributed by atoms with van der Waals surface area (Å²) in [5, 5.41) is 0. The van der Waals surface area contributed by atoms with Crippen molar-refractivity contribution in [2.24, 2.45) is 0 Å². The zero-order chi connectivity index (χ0) is 15.4. The number of likely N-dealkylation sites (N-methyl/N-ethyl adjacent to an activating group) is 1. The van der Waals surface area contributed by atoms with E-state index in [1.807, 2.05) is 24.3 Å². The van der Waals surface area contributed by atoms with Crippen molar-refractivity contribution in [1.29, 1.82) is 0 Å². The smallest absolute Gasteiger partial charge is 0.120 e. The van der Waals surface area contributed by atoms with Crippen LogP contribution in [0.1, 0.15) is 17.9 Å². The van der Waals surface area contributed by atoms with Crippen LogP contribution in [0.3, 0.4) is 0 Å². The molecule has 0 aliphatic carbocycles. The molecule has 1 aliphatic rings. The molecule has 0 saturated carbocycles. The number of nitrogens with zero attached hydrogens (tertiary/aromatic N) is 1. The fourth-order valence-electron chi connectivity index (χ4n) is 3.08. The molecule has 1 aliphatic heterocycles. The summed E-state index contributed by atoms with van der Waals surface area (Å²) in [6, 6.07) is 18.5. The van der Waals surface area contributed by atoms with Gasteiger partial charge in [0.25, 0.3) is 0 Å². The molecule has 2 aromatic carbocycles. The third-order valence-electron chi connectivity index (χ3n) is 4.33. The van der Waals surface area contributed by atoms with Gasteiger partial charge in [-0.05, 0) is 43.3 Å². The first-order chi connectivity index (χ1) is 10.8. The molecule has 0 unspecified atom stereocenters. The topological polar surface area (TPSA) is 21.7 Å². The lowest BCUT2D eigenvalue weighted by Gasteiger charge is -2.37. The van der Waals surface area contributed by atoms with E-state index in [1.54, 1.807) is 7.11 Å². The Morgan fingerprint density at radius 1 is 0.955 bits per heavy atom. The molecule has 3 nitrogen and oxygen atoms in total. The Morgan fingerprint density at radius 3 is 2.32 bits per heavy atom. The molecule has 116 valence electrons. The van der Waals surface area contributed by atoms with Crippen LogP contribution in [0.5, 0.6) is 11.5 Å². The highest BCUT2D eigenvalue weighted by molar-refractivity contribution is 5.32. The van der Waals surface area contributed by atoms with Gasteiger partial charge in [-0.15, -0.1) is 0 Å². The van der Waals surface area contributed by atoms with Crippen molar-refractivity contribution in [2.45, 2.75) is 18.4 Å². The average Bonchev–Trinajstić information content (AvgIpc) is 2.58. The molecular formula is C19H23NO2. The predicted octanol–water partition coefficient (Wildman–Crippen LogP) is 3.56. The summed E-state index contributed by atoms with van der Waals surface area (Å²) in [5.74, 6) is 2.17. The lowest BCUT2D eigenvalue weighted by atomic mass is 9.88. The number of benzene rings is 2. The van der Waals surface area contributed by atoms with E-state index in [9.17, 15) is 0 Å². The van der Waals surface area contributed by atoms with Crippen LogP contribution in [0.4, 0.5) is 0 Å². The zero-order valence-electron chi connectivity index (χ0n) is 13.2. The fraction of sp³-hybridized carbons (Fsp3) is 0.368. The molecule has 2 aromatic rings. The Kier molecular flexibility index (Phi) is 4.64. The minimum absolute atomic E-state index is 0.215. The average molecular weight is 297 g/mol. The highest BCUT2D eigenvalue weighted by Crippen LogP contribution is 2.30. The molecule has 0 spiro atoms. The first-order valence-corrected chi connectivity index (χ1v) is 7.80. The van der Waals surface area contributed by atoms with E-state index in [0.29, 0.717) is 5.92 Å². The predicted molar refractivity (Wildman–Crippen MR) is 88.7 cm³/mol. The standard InChI is InChI=1S/C19H23NO2/c1-20-13-12-19(18(14-20)15-6-4-3-5-7-15)22-17-10-8-16(21-2)9-11-17/h3-11,18-19H,12-14H2,1-2H3/t18-,19+/m0/s1. The Balaban J connectivity index is 1.77. The summed E-state index contributed by atoms with van der Waals surface area (Å²) in [4.78, 5) is 2.38. The van der Waals surface area contributed by atoms with Crippen LogP contribution in [0, 0.1) is 0 Å². The van der Waals surface area contributed by atoms with Crippen molar-refractivity contribution in [2.75, 3.05) is 27.2 Å². The van der Waals surface area contributed by atoms with Gasteiger partial charge in [-0.2, -0.15) is 0 Å². The van der Waals surface area contributed by atoms with E-state index in [4.69, 9.17) is 9.47 Å². The Morgan fingerprint density at radius 2 is 1.64 bits per heavy atom. The highest BCUT2D eigenvalue weighted by atomic mass is 16.5. The largest absolute Gasteiger partial charge is 0.497 e. The second kappa shape index (κ2) is 6.84. The van der Waals surface area contributed by atoms with Gasteiger partial charge in [0.1, 0.15) is 17.6 Å². The van der Waals surface area contributed by atoms with Crippen molar-refractivity contribution in [3.05, 3.63) is 60.2 Å². The molecule has 1 saturated heterocycles. The first-order valence-electron chi connectivity index (χ1n) is 7.80. The second-order valence-corrected chi connectivity index (χ2v) is 5.90. The normalized spacial score (nSPS) is 22.3. The number of piperidine rings is 1. The Labute approximate surface area is 132 Å². The Bertz CT molecular complexity index is 582. The molecule has 3 heteroatoms. The highest BCUT2D eigenvalue weighted by Gasteiger charge is 2.30. The molecule has 0 radical (unpaired) electrons. The van der Waals surface area contributed by atoms with Gasteiger partial charge in [0, 0.05) is 19.0 Å². The molecule has 22 heavy (non-hydrogen) atoms. The monoisotopic (exact) mass is 297 g/mol. The SMILES string of the molecule is COc1ccc(O[C@@H]2CCN(C)C[C@H]2c2ccccc2)cc1. The molecule has 1 heterocycles. The van der Waals surface area contributed by atoms with E-state index < -0.39 is 0 Å².